The second-order valence-corrected chi connectivity index (χ2v) is 7.79. The van der Waals surface area contributed by atoms with Gasteiger partial charge < -0.3 is 15.1 Å². The second kappa shape index (κ2) is 8.70. The first kappa shape index (κ1) is 18.2. The van der Waals surface area contributed by atoms with E-state index >= 15 is 0 Å². The number of hydrogen-bond acceptors (Lipinski definition) is 3. The standard InChI is InChI=1S/C21H33N3O/c1-17-16-24(18(2)25)14-11-21(17)22-15-19-7-9-20(10-8-19)23-12-5-3-4-6-13-23/h7-10,17,21-22H,3-6,11-16H2,1-2H3/t17-,21-/m1/s1. The number of anilines is 1. The average Bonchev–Trinajstić information content (AvgIpc) is 2.90. The van der Waals surface area contributed by atoms with Crippen LogP contribution >= 0.6 is 0 Å². The Morgan fingerprint density at radius 3 is 2.36 bits per heavy atom. The van der Waals surface area contributed by atoms with E-state index in [9.17, 15) is 4.79 Å². The van der Waals surface area contributed by atoms with Crippen molar-refractivity contribution in [2.24, 2.45) is 5.92 Å². The summed E-state index contributed by atoms with van der Waals surface area (Å²) in [7, 11) is 0. The fourth-order valence-corrected chi connectivity index (χ4v) is 4.14. The summed E-state index contributed by atoms with van der Waals surface area (Å²) in [4.78, 5) is 16.0. The number of piperidine rings is 1. The molecular weight excluding hydrogens is 310 g/mol. The first-order chi connectivity index (χ1) is 12.1. The van der Waals surface area contributed by atoms with Crippen LogP contribution in [0.2, 0.25) is 0 Å². The van der Waals surface area contributed by atoms with E-state index in [-0.39, 0.29) is 5.91 Å². The first-order valence-electron chi connectivity index (χ1n) is 9.96. The molecule has 138 valence electrons. The first-order valence-corrected chi connectivity index (χ1v) is 9.96. The van der Waals surface area contributed by atoms with Crippen LogP contribution < -0.4 is 10.2 Å². The van der Waals surface area contributed by atoms with Crippen molar-refractivity contribution >= 4 is 11.6 Å². The summed E-state index contributed by atoms with van der Waals surface area (Å²) in [5, 5.41) is 3.70. The molecule has 0 bridgehead atoms. The lowest BCUT2D eigenvalue weighted by Gasteiger charge is -2.37. The van der Waals surface area contributed by atoms with Gasteiger partial charge in [-0.2, -0.15) is 0 Å². The van der Waals surface area contributed by atoms with Crippen molar-refractivity contribution < 1.29 is 4.79 Å². The molecule has 0 aliphatic carbocycles. The molecule has 0 aromatic heterocycles. The maximum absolute atomic E-state index is 11.5. The van der Waals surface area contributed by atoms with Gasteiger partial charge in [0.25, 0.3) is 0 Å². The Morgan fingerprint density at radius 1 is 1.08 bits per heavy atom. The highest BCUT2D eigenvalue weighted by molar-refractivity contribution is 5.73. The molecule has 1 aromatic carbocycles. The Balaban J connectivity index is 1.49. The third-order valence-corrected chi connectivity index (χ3v) is 5.83. The average molecular weight is 344 g/mol. The monoisotopic (exact) mass is 343 g/mol. The highest BCUT2D eigenvalue weighted by Crippen LogP contribution is 2.21. The molecule has 0 radical (unpaired) electrons. The highest BCUT2D eigenvalue weighted by atomic mass is 16.2. The van der Waals surface area contributed by atoms with Crippen molar-refractivity contribution in [3.05, 3.63) is 29.8 Å². The van der Waals surface area contributed by atoms with Crippen molar-refractivity contribution in [2.75, 3.05) is 31.1 Å². The molecule has 1 N–H and O–H groups in total. The molecule has 2 atom stereocenters. The van der Waals surface area contributed by atoms with E-state index in [0.717, 1.165) is 26.1 Å². The zero-order chi connectivity index (χ0) is 17.6. The molecule has 1 amide bonds. The summed E-state index contributed by atoms with van der Waals surface area (Å²) in [6.45, 7) is 8.98. The van der Waals surface area contributed by atoms with E-state index in [0.29, 0.717) is 12.0 Å². The minimum atomic E-state index is 0.203. The minimum absolute atomic E-state index is 0.203. The van der Waals surface area contributed by atoms with Crippen LogP contribution in [0.5, 0.6) is 0 Å². The smallest absolute Gasteiger partial charge is 0.219 e. The van der Waals surface area contributed by atoms with Crippen LogP contribution in [-0.2, 0) is 11.3 Å². The molecule has 0 unspecified atom stereocenters. The molecule has 3 rings (SSSR count). The summed E-state index contributed by atoms with van der Waals surface area (Å²) in [6.07, 6.45) is 6.44. The molecule has 0 saturated carbocycles. The number of rotatable bonds is 4. The van der Waals surface area contributed by atoms with Gasteiger partial charge >= 0.3 is 0 Å². The molecule has 4 nitrogen and oxygen atoms in total. The zero-order valence-electron chi connectivity index (χ0n) is 15.8. The van der Waals surface area contributed by atoms with Crippen LogP contribution in [0, 0.1) is 5.92 Å². The van der Waals surface area contributed by atoms with Crippen LogP contribution in [0.3, 0.4) is 0 Å². The largest absolute Gasteiger partial charge is 0.372 e. The van der Waals surface area contributed by atoms with E-state index in [1.54, 1.807) is 6.92 Å². The van der Waals surface area contributed by atoms with E-state index in [1.807, 2.05) is 4.90 Å². The van der Waals surface area contributed by atoms with Crippen LogP contribution in [0.4, 0.5) is 5.69 Å². The maximum atomic E-state index is 11.5. The Labute approximate surface area is 152 Å². The van der Waals surface area contributed by atoms with Crippen molar-refractivity contribution in [1.82, 2.24) is 10.2 Å². The van der Waals surface area contributed by atoms with Gasteiger partial charge in [-0.25, -0.2) is 0 Å². The Bertz CT molecular complexity index is 549. The summed E-state index contributed by atoms with van der Waals surface area (Å²) in [5.74, 6) is 0.712. The van der Waals surface area contributed by atoms with Crippen molar-refractivity contribution in [3.63, 3.8) is 0 Å². The number of nitrogens with zero attached hydrogens (tertiary/aromatic N) is 2. The van der Waals surface area contributed by atoms with Crippen LogP contribution in [0.1, 0.15) is 51.5 Å². The van der Waals surface area contributed by atoms with Gasteiger partial charge in [0.05, 0.1) is 0 Å². The molecule has 0 spiro atoms. The van der Waals surface area contributed by atoms with Crippen molar-refractivity contribution in [1.29, 1.82) is 0 Å². The molecule has 2 heterocycles. The fourth-order valence-electron chi connectivity index (χ4n) is 4.14. The zero-order valence-corrected chi connectivity index (χ0v) is 15.8. The molecular formula is C21H33N3O. The molecule has 2 fully saturated rings. The lowest BCUT2D eigenvalue weighted by Crippen LogP contribution is -2.49. The Hall–Kier alpha value is -1.55. The fraction of sp³-hybridized carbons (Fsp3) is 0.667. The SMILES string of the molecule is CC(=O)N1CC[C@@H](NCc2ccc(N3CCCCCC3)cc2)[C@H](C)C1. The molecule has 25 heavy (non-hydrogen) atoms. The van der Waals surface area contributed by atoms with Gasteiger partial charge in [0, 0.05) is 51.4 Å². The van der Waals surface area contributed by atoms with Gasteiger partial charge in [-0.3, -0.25) is 4.79 Å². The van der Waals surface area contributed by atoms with E-state index in [1.165, 1.54) is 50.0 Å². The quantitative estimate of drug-likeness (QED) is 0.910. The van der Waals surface area contributed by atoms with Gasteiger partial charge in [-0.05, 0) is 42.9 Å². The number of likely N-dealkylation sites (tertiary alicyclic amines) is 1. The maximum Gasteiger partial charge on any atom is 0.219 e. The molecule has 2 aliphatic heterocycles. The van der Waals surface area contributed by atoms with Crippen molar-refractivity contribution in [3.8, 4) is 0 Å². The number of nitrogens with one attached hydrogen (secondary N) is 1. The van der Waals surface area contributed by atoms with Gasteiger partial charge in [-0.1, -0.05) is 31.9 Å². The van der Waals surface area contributed by atoms with Crippen LogP contribution in [0.15, 0.2) is 24.3 Å². The normalized spacial score (nSPS) is 24.9. The Kier molecular flexibility index (Phi) is 6.35. The minimum Gasteiger partial charge on any atom is -0.372 e. The third-order valence-electron chi connectivity index (χ3n) is 5.83. The number of amides is 1. The van der Waals surface area contributed by atoms with Crippen molar-refractivity contribution in [2.45, 2.75) is 58.5 Å². The van der Waals surface area contributed by atoms with E-state index < -0.39 is 0 Å². The van der Waals surface area contributed by atoms with E-state index in [2.05, 4.69) is 41.4 Å². The number of hydrogen-bond donors (Lipinski definition) is 1. The number of carbonyl (C=O) groups is 1. The van der Waals surface area contributed by atoms with Gasteiger partial charge in [0.1, 0.15) is 0 Å². The highest BCUT2D eigenvalue weighted by Gasteiger charge is 2.26. The molecule has 2 saturated heterocycles. The van der Waals surface area contributed by atoms with Gasteiger partial charge in [0.15, 0.2) is 0 Å². The lowest BCUT2D eigenvalue weighted by molar-refractivity contribution is -0.130. The topological polar surface area (TPSA) is 35.6 Å². The summed E-state index contributed by atoms with van der Waals surface area (Å²) < 4.78 is 0. The summed E-state index contributed by atoms with van der Waals surface area (Å²) in [6, 6.07) is 9.60. The molecule has 2 aliphatic rings. The van der Waals surface area contributed by atoms with Crippen LogP contribution in [0.25, 0.3) is 0 Å². The number of benzene rings is 1. The summed E-state index contributed by atoms with van der Waals surface area (Å²) in [5.41, 5.74) is 2.72. The third kappa shape index (κ3) is 4.97. The predicted octanol–water partition coefficient (Wildman–Crippen LogP) is 3.41. The summed E-state index contributed by atoms with van der Waals surface area (Å²) >= 11 is 0. The second-order valence-electron chi connectivity index (χ2n) is 7.79. The Morgan fingerprint density at radius 2 is 1.76 bits per heavy atom. The van der Waals surface area contributed by atoms with Gasteiger partial charge in [0.2, 0.25) is 5.91 Å². The van der Waals surface area contributed by atoms with E-state index in [4.69, 9.17) is 0 Å². The number of carbonyl (C=O) groups excluding carboxylic acids is 1. The van der Waals surface area contributed by atoms with Gasteiger partial charge in [-0.15, -0.1) is 0 Å². The predicted molar refractivity (Wildman–Crippen MR) is 104 cm³/mol. The molecule has 4 heteroatoms. The van der Waals surface area contributed by atoms with Crippen LogP contribution in [-0.4, -0.2) is 43.0 Å². The molecule has 1 aromatic rings. The lowest BCUT2D eigenvalue weighted by atomic mass is 9.93.